The Kier molecular flexibility index (Phi) is 7.34. The van der Waals surface area contributed by atoms with Crippen LogP contribution in [0.15, 0.2) is 52.3 Å². The summed E-state index contributed by atoms with van der Waals surface area (Å²) >= 11 is 0. The molecule has 2 heterocycles. The van der Waals surface area contributed by atoms with Gasteiger partial charge in [0, 0.05) is 18.7 Å². The van der Waals surface area contributed by atoms with Crippen molar-refractivity contribution in [1.82, 2.24) is 16.0 Å². The molecule has 3 atom stereocenters. The van der Waals surface area contributed by atoms with Gasteiger partial charge in [0.15, 0.2) is 18.2 Å². The van der Waals surface area contributed by atoms with Gasteiger partial charge in [-0.1, -0.05) is 12.1 Å². The monoisotopic (exact) mass is 515 g/mol. The molecule has 2 aliphatic heterocycles. The summed E-state index contributed by atoms with van der Waals surface area (Å²) < 4.78 is 81.1. The van der Waals surface area contributed by atoms with Crippen molar-refractivity contribution in [2.24, 2.45) is 5.92 Å². The van der Waals surface area contributed by atoms with Gasteiger partial charge in [-0.25, -0.2) is 12.8 Å². The fourth-order valence-corrected chi connectivity index (χ4v) is 5.63. The molecule has 2 aliphatic rings. The number of nitrogens with one attached hydrogen (secondary N) is 3. The minimum Gasteiger partial charge on any atom is -0.481 e. The van der Waals surface area contributed by atoms with Crippen LogP contribution in [0.3, 0.4) is 0 Å². The Morgan fingerprint density at radius 3 is 2.51 bits per heavy atom. The van der Waals surface area contributed by atoms with Gasteiger partial charge < -0.3 is 20.7 Å². The SMILES string of the molecule is O=C(NCc1ccc(S(=O)(=O)c2ccc(F)c(OCC(F)(F)F)c2)cc1)C1CC2CNCCC2N1. The summed E-state index contributed by atoms with van der Waals surface area (Å²) in [5.41, 5.74) is 0.669. The molecule has 0 saturated carbocycles. The molecular weight excluding hydrogens is 490 g/mol. The predicted octanol–water partition coefficient (Wildman–Crippen LogP) is 2.56. The Morgan fingerprint density at radius 1 is 1.11 bits per heavy atom. The van der Waals surface area contributed by atoms with Gasteiger partial charge in [0.05, 0.1) is 15.8 Å². The number of carbonyl (C=O) groups excluding carboxylic acids is 1. The Labute approximate surface area is 200 Å². The summed E-state index contributed by atoms with van der Waals surface area (Å²) in [5.74, 6) is -1.60. The Hall–Kier alpha value is -2.70. The molecule has 2 fully saturated rings. The standard InChI is InChI=1S/C23H25F4N3O4S/c24-18-6-5-17(10-21(18)34-13-23(25,26)27)35(32,33)16-3-1-14(2-4-16)11-29-22(31)20-9-15-12-28-8-7-19(15)30-20/h1-6,10,15,19-20,28,30H,7-9,11-13H2,(H,29,31). The zero-order valence-corrected chi connectivity index (χ0v) is 19.4. The van der Waals surface area contributed by atoms with Gasteiger partial charge in [-0.3, -0.25) is 4.79 Å². The average Bonchev–Trinajstić information content (AvgIpc) is 3.26. The molecule has 0 aliphatic carbocycles. The molecular formula is C23H25F4N3O4S. The fraction of sp³-hybridized carbons (Fsp3) is 0.435. The first-order valence-electron chi connectivity index (χ1n) is 11.1. The maximum Gasteiger partial charge on any atom is 0.422 e. The zero-order chi connectivity index (χ0) is 25.2. The van der Waals surface area contributed by atoms with E-state index in [1.165, 1.54) is 24.3 Å². The van der Waals surface area contributed by atoms with Crippen LogP contribution in [0.2, 0.25) is 0 Å². The van der Waals surface area contributed by atoms with Crippen molar-refractivity contribution >= 4 is 15.7 Å². The van der Waals surface area contributed by atoms with Gasteiger partial charge in [-0.05, 0) is 61.7 Å². The highest BCUT2D eigenvalue weighted by Crippen LogP contribution is 2.28. The second kappa shape index (κ2) is 10.1. The summed E-state index contributed by atoms with van der Waals surface area (Å²) in [4.78, 5) is 12.0. The minimum atomic E-state index is -4.70. The lowest BCUT2D eigenvalue weighted by atomic mass is 9.94. The van der Waals surface area contributed by atoms with E-state index in [9.17, 15) is 30.8 Å². The van der Waals surface area contributed by atoms with E-state index in [2.05, 4.69) is 20.7 Å². The van der Waals surface area contributed by atoms with E-state index < -0.39 is 39.1 Å². The van der Waals surface area contributed by atoms with Crippen molar-refractivity contribution in [3.8, 4) is 5.75 Å². The van der Waals surface area contributed by atoms with Gasteiger partial charge in [0.2, 0.25) is 15.7 Å². The zero-order valence-electron chi connectivity index (χ0n) is 18.6. The topological polar surface area (TPSA) is 96.5 Å². The van der Waals surface area contributed by atoms with Gasteiger partial charge in [-0.2, -0.15) is 13.2 Å². The molecule has 35 heavy (non-hydrogen) atoms. The lowest BCUT2D eigenvalue weighted by molar-refractivity contribution is -0.153. The molecule has 3 unspecified atom stereocenters. The van der Waals surface area contributed by atoms with Crippen molar-refractivity contribution in [2.45, 2.75) is 47.4 Å². The normalized spacial score (nSPS) is 22.5. The third-order valence-corrected chi connectivity index (χ3v) is 7.95. The van der Waals surface area contributed by atoms with Crippen LogP contribution in [0.1, 0.15) is 18.4 Å². The number of sulfone groups is 1. The summed E-state index contributed by atoms with van der Waals surface area (Å²) in [5, 5.41) is 9.56. The third-order valence-electron chi connectivity index (χ3n) is 6.18. The van der Waals surface area contributed by atoms with E-state index in [0.29, 0.717) is 17.5 Å². The molecule has 12 heteroatoms. The molecule has 7 nitrogen and oxygen atoms in total. The van der Waals surface area contributed by atoms with E-state index in [-0.39, 0.29) is 23.4 Å². The van der Waals surface area contributed by atoms with E-state index in [4.69, 9.17) is 0 Å². The van der Waals surface area contributed by atoms with E-state index in [1.807, 2.05) is 0 Å². The number of carbonyl (C=O) groups is 1. The molecule has 2 aromatic rings. The van der Waals surface area contributed by atoms with Crippen LogP contribution in [0.4, 0.5) is 17.6 Å². The van der Waals surface area contributed by atoms with Crippen LogP contribution in [-0.2, 0) is 21.2 Å². The molecule has 2 aromatic carbocycles. The van der Waals surface area contributed by atoms with Gasteiger partial charge in [0.1, 0.15) is 0 Å². The van der Waals surface area contributed by atoms with Crippen molar-refractivity contribution < 1.29 is 35.5 Å². The highest BCUT2D eigenvalue weighted by Gasteiger charge is 2.38. The number of rotatable bonds is 7. The average molecular weight is 516 g/mol. The number of fused-ring (bicyclic) bond motifs is 1. The van der Waals surface area contributed by atoms with Gasteiger partial charge in [-0.15, -0.1) is 0 Å². The summed E-state index contributed by atoms with van der Waals surface area (Å²) in [6.07, 6.45) is -2.96. The van der Waals surface area contributed by atoms with Crippen molar-refractivity contribution in [1.29, 1.82) is 0 Å². The molecule has 0 spiro atoms. The number of alkyl halides is 3. The van der Waals surface area contributed by atoms with Gasteiger partial charge >= 0.3 is 6.18 Å². The first kappa shape index (κ1) is 25.4. The Balaban J connectivity index is 1.38. The summed E-state index contributed by atoms with van der Waals surface area (Å²) in [7, 11) is -4.14. The molecule has 3 N–H and O–H groups in total. The van der Waals surface area contributed by atoms with Crippen molar-refractivity contribution in [2.75, 3.05) is 19.7 Å². The summed E-state index contributed by atoms with van der Waals surface area (Å²) in [6, 6.07) is 8.21. The number of benzene rings is 2. The molecule has 0 radical (unpaired) electrons. The quantitative estimate of drug-likeness (QED) is 0.388. The second-order valence-corrected chi connectivity index (χ2v) is 10.6. The Bertz CT molecular complexity index is 1160. The number of piperidine rings is 1. The fourth-order valence-electron chi connectivity index (χ4n) is 4.36. The van der Waals surface area contributed by atoms with Crippen LogP contribution in [0.5, 0.6) is 5.75 Å². The maximum atomic E-state index is 13.8. The molecule has 0 bridgehead atoms. The molecule has 0 aromatic heterocycles. The molecule has 190 valence electrons. The number of amides is 1. The van der Waals surface area contributed by atoms with Crippen LogP contribution >= 0.6 is 0 Å². The summed E-state index contributed by atoms with van der Waals surface area (Å²) in [6.45, 7) is 0.276. The first-order chi connectivity index (χ1) is 16.5. The largest absolute Gasteiger partial charge is 0.481 e. The molecule has 1 amide bonds. The predicted molar refractivity (Wildman–Crippen MR) is 118 cm³/mol. The lowest BCUT2D eigenvalue weighted by Gasteiger charge is -2.25. The third kappa shape index (κ3) is 6.11. The number of hydrogen-bond donors (Lipinski definition) is 3. The van der Waals surface area contributed by atoms with E-state index in [0.717, 1.165) is 44.1 Å². The highest BCUT2D eigenvalue weighted by molar-refractivity contribution is 7.91. The number of halogens is 4. The number of ether oxygens (including phenoxy) is 1. The smallest absolute Gasteiger partial charge is 0.422 e. The van der Waals surface area contributed by atoms with E-state index in [1.54, 1.807) is 0 Å². The highest BCUT2D eigenvalue weighted by atomic mass is 32.2. The van der Waals surface area contributed by atoms with Crippen molar-refractivity contribution in [3.05, 3.63) is 53.8 Å². The Morgan fingerprint density at radius 2 is 1.83 bits per heavy atom. The van der Waals surface area contributed by atoms with Crippen LogP contribution in [0.25, 0.3) is 0 Å². The van der Waals surface area contributed by atoms with Crippen LogP contribution in [0, 0.1) is 11.7 Å². The minimum absolute atomic E-state index is 0.117. The molecule has 2 saturated heterocycles. The van der Waals surface area contributed by atoms with Gasteiger partial charge in [0.25, 0.3) is 0 Å². The van der Waals surface area contributed by atoms with E-state index >= 15 is 0 Å². The maximum absolute atomic E-state index is 13.8. The number of hydrogen-bond acceptors (Lipinski definition) is 6. The second-order valence-electron chi connectivity index (χ2n) is 8.68. The van der Waals surface area contributed by atoms with Crippen LogP contribution in [-0.4, -0.2) is 52.3 Å². The lowest BCUT2D eigenvalue weighted by Crippen LogP contribution is -2.45. The molecule has 4 rings (SSSR count). The van der Waals surface area contributed by atoms with Crippen LogP contribution < -0.4 is 20.7 Å². The first-order valence-corrected chi connectivity index (χ1v) is 12.6. The van der Waals surface area contributed by atoms with Crippen molar-refractivity contribution in [3.63, 3.8) is 0 Å².